The average Bonchev–Trinajstić information content (AvgIpc) is 3.39. The summed E-state index contributed by atoms with van der Waals surface area (Å²) in [6.45, 7) is 4.15. The second kappa shape index (κ2) is 10.2. The highest BCUT2D eigenvalue weighted by Crippen LogP contribution is 2.29. The lowest BCUT2D eigenvalue weighted by Crippen LogP contribution is -2.26. The van der Waals surface area contributed by atoms with Crippen molar-refractivity contribution in [3.63, 3.8) is 0 Å². The fourth-order valence-corrected chi connectivity index (χ4v) is 4.21. The second-order valence-electron chi connectivity index (χ2n) is 7.96. The summed E-state index contributed by atoms with van der Waals surface area (Å²) >= 11 is 6.14. The zero-order chi connectivity index (χ0) is 22.5. The predicted octanol–water partition coefficient (Wildman–Crippen LogP) is 4.45. The van der Waals surface area contributed by atoms with Crippen molar-refractivity contribution in [1.82, 2.24) is 9.13 Å². The molecule has 32 heavy (non-hydrogen) atoms. The molecule has 1 N–H and O–H groups in total. The van der Waals surface area contributed by atoms with Crippen LogP contribution in [0, 0.1) is 0 Å². The van der Waals surface area contributed by atoms with E-state index in [1.807, 2.05) is 31.2 Å². The largest absolute Gasteiger partial charge is 0.489 e. The molecule has 170 valence electrons. The minimum absolute atomic E-state index is 0.0709. The summed E-state index contributed by atoms with van der Waals surface area (Å²) in [5, 5.41) is 3.39. The molecule has 0 bridgehead atoms. The summed E-state index contributed by atoms with van der Waals surface area (Å²) in [5.74, 6) is 0.337. The van der Waals surface area contributed by atoms with Crippen LogP contribution in [0.5, 0.6) is 5.75 Å². The van der Waals surface area contributed by atoms with Crippen LogP contribution in [0.3, 0.4) is 0 Å². The first-order valence-electron chi connectivity index (χ1n) is 11.1. The number of amides is 1. The Hall–Kier alpha value is -2.77. The molecule has 7 nitrogen and oxygen atoms in total. The van der Waals surface area contributed by atoms with Crippen molar-refractivity contribution in [2.24, 2.45) is 0 Å². The number of hydrogen-bond donors (Lipinski definition) is 1. The van der Waals surface area contributed by atoms with E-state index in [0.717, 1.165) is 36.9 Å². The number of aromatic nitrogens is 2. The van der Waals surface area contributed by atoms with Gasteiger partial charge >= 0.3 is 5.69 Å². The van der Waals surface area contributed by atoms with Gasteiger partial charge in [0.1, 0.15) is 12.4 Å². The number of benzene rings is 2. The van der Waals surface area contributed by atoms with Gasteiger partial charge in [-0.2, -0.15) is 0 Å². The van der Waals surface area contributed by atoms with Crippen molar-refractivity contribution < 1.29 is 14.3 Å². The first kappa shape index (κ1) is 22.4. The van der Waals surface area contributed by atoms with Crippen LogP contribution in [0.25, 0.3) is 11.0 Å². The Morgan fingerprint density at radius 3 is 2.62 bits per heavy atom. The second-order valence-corrected chi connectivity index (χ2v) is 8.40. The van der Waals surface area contributed by atoms with E-state index in [1.165, 1.54) is 0 Å². The third-order valence-electron chi connectivity index (χ3n) is 5.60. The Morgan fingerprint density at radius 2 is 1.94 bits per heavy atom. The molecule has 1 aliphatic rings. The van der Waals surface area contributed by atoms with E-state index < -0.39 is 0 Å². The molecule has 8 heteroatoms. The molecule has 1 atom stereocenters. The van der Waals surface area contributed by atoms with Gasteiger partial charge in [-0.15, -0.1) is 0 Å². The Balaban J connectivity index is 1.45. The third kappa shape index (κ3) is 5.00. The van der Waals surface area contributed by atoms with E-state index in [2.05, 4.69) is 5.32 Å². The molecule has 3 aromatic rings. The van der Waals surface area contributed by atoms with Gasteiger partial charge in [0.05, 0.1) is 22.8 Å². The van der Waals surface area contributed by atoms with Gasteiger partial charge in [0.25, 0.3) is 0 Å². The number of rotatable bonds is 9. The highest BCUT2D eigenvalue weighted by atomic mass is 35.5. The summed E-state index contributed by atoms with van der Waals surface area (Å²) in [5.41, 5.74) is 2.15. The van der Waals surface area contributed by atoms with Crippen molar-refractivity contribution in [2.75, 3.05) is 18.5 Å². The molecule has 1 unspecified atom stereocenters. The molecule has 1 saturated heterocycles. The molecule has 2 heterocycles. The SMILES string of the molecule is CCCn1c(=O)n(CCC(=O)Nc2cc(Cl)ccc2OCC2CCCO2)c2ccccc21. The summed E-state index contributed by atoms with van der Waals surface area (Å²) in [6.07, 6.45) is 3.08. The van der Waals surface area contributed by atoms with Crippen LogP contribution in [-0.2, 0) is 22.6 Å². The standard InChI is InChI=1S/C24H28ClN3O4/c1-2-12-27-20-7-3-4-8-21(20)28(24(27)30)13-11-23(29)26-19-15-17(25)9-10-22(19)32-16-18-6-5-14-31-18/h3-4,7-10,15,18H,2,5-6,11-14,16H2,1H3,(H,26,29). The summed E-state index contributed by atoms with van der Waals surface area (Å²) < 4.78 is 14.9. The van der Waals surface area contributed by atoms with Crippen LogP contribution in [0.1, 0.15) is 32.6 Å². The Morgan fingerprint density at radius 1 is 1.19 bits per heavy atom. The molecule has 0 saturated carbocycles. The first-order chi connectivity index (χ1) is 15.6. The number of halogens is 1. The molecule has 4 rings (SSSR count). The zero-order valence-electron chi connectivity index (χ0n) is 18.2. The highest BCUT2D eigenvalue weighted by molar-refractivity contribution is 6.31. The number of nitrogens with zero attached hydrogens (tertiary/aromatic N) is 2. The van der Waals surface area contributed by atoms with Crippen LogP contribution < -0.4 is 15.7 Å². The molecular formula is C24H28ClN3O4. The van der Waals surface area contributed by atoms with Gasteiger partial charge in [-0.05, 0) is 49.6 Å². The fourth-order valence-electron chi connectivity index (χ4n) is 4.04. The molecule has 1 fully saturated rings. The maximum absolute atomic E-state index is 12.9. The lowest BCUT2D eigenvalue weighted by molar-refractivity contribution is -0.116. The number of imidazole rings is 1. The van der Waals surface area contributed by atoms with Gasteiger partial charge in [-0.3, -0.25) is 13.9 Å². The molecule has 0 radical (unpaired) electrons. The highest BCUT2D eigenvalue weighted by Gasteiger charge is 2.18. The number of carbonyl (C=O) groups excluding carboxylic acids is 1. The minimum Gasteiger partial charge on any atom is -0.489 e. The maximum Gasteiger partial charge on any atom is 0.329 e. The van der Waals surface area contributed by atoms with Gasteiger partial charge in [0.15, 0.2) is 0 Å². The normalized spacial score (nSPS) is 15.9. The van der Waals surface area contributed by atoms with Gasteiger partial charge in [0.2, 0.25) is 5.91 Å². The minimum atomic E-state index is -0.214. The smallest absolute Gasteiger partial charge is 0.329 e. The van der Waals surface area contributed by atoms with E-state index in [9.17, 15) is 9.59 Å². The van der Waals surface area contributed by atoms with E-state index in [4.69, 9.17) is 21.1 Å². The monoisotopic (exact) mass is 457 g/mol. The molecule has 2 aromatic carbocycles. The van der Waals surface area contributed by atoms with Gasteiger partial charge in [-0.1, -0.05) is 30.7 Å². The van der Waals surface area contributed by atoms with E-state index in [-0.39, 0.29) is 30.7 Å². The first-order valence-corrected chi connectivity index (χ1v) is 11.5. The van der Waals surface area contributed by atoms with Crippen molar-refractivity contribution >= 4 is 34.2 Å². The van der Waals surface area contributed by atoms with Gasteiger partial charge in [0, 0.05) is 31.1 Å². The van der Waals surface area contributed by atoms with E-state index in [1.54, 1.807) is 27.3 Å². The molecule has 1 amide bonds. The van der Waals surface area contributed by atoms with Crippen LogP contribution >= 0.6 is 11.6 Å². The molecular weight excluding hydrogens is 430 g/mol. The van der Waals surface area contributed by atoms with Crippen molar-refractivity contribution in [3.8, 4) is 5.75 Å². The summed E-state index contributed by atoms with van der Waals surface area (Å²) in [4.78, 5) is 25.6. The lowest BCUT2D eigenvalue weighted by atomic mass is 10.2. The zero-order valence-corrected chi connectivity index (χ0v) is 18.9. The topological polar surface area (TPSA) is 74.5 Å². The number of ether oxygens (including phenoxy) is 2. The molecule has 0 aliphatic carbocycles. The summed E-state index contributed by atoms with van der Waals surface area (Å²) in [7, 11) is 0. The number of aryl methyl sites for hydroxylation is 2. The predicted molar refractivity (Wildman–Crippen MR) is 126 cm³/mol. The maximum atomic E-state index is 12.9. The van der Waals surface area contributed by atoms with Crippen molar-refractivity contribution in [2.45, 2.75) is 51.8 Å². The Labute approximate surface area is 191 Å². The number of nitrogens with one attached hydrogen (secondary N) is 1. The average molecular weight is 458 g/mol. The third-order valence-corrected chi connectivity index (χ3v) is 5.83. The van der Waals surface area contributed by atoms with E-state index in [0.29, 0.717) is 29.6 Å². The lowest BCUT2D eigenvalue weighted by Gasteiger charge is -2.15. The molecule has 1 aromatic heterocycles. The number of carbonyl (C=O) groups is 1. The number of hydrogen-bond acceptors (Lipinski definition) is 4. The van der Waals surface area contributed by atoms with Gasteiger partial charge < -0.3 is 14.8 Å². The summed E-state index contributed by atoms with van der Waals surface area (Å²) in [6, 6.07) is 12.8. The van der Waals surface area contributed by atoms with Crippen molar-refractivity contribution in [3.05, 3.63) is 58.0 Å². The van der Waals surface area contributed by atoms with Gasteiger partial charge in [-0.25, -0.2) is 4.79 Å². The fraction of sp³-hybridized carbons (Fsp3) is 0.417. The Kier molecular flexibility index (Phi) is 7.17. The van der Waals surface area contributed by atoms with Crippen LogP contribution in [0.2, 0.25) is 5.02 Å². The van der Waals surface area contributed by atoms with Crippen molar-refractivity contribution in [1.29, 1.82) is 0 Å². The van der Waals surface area contributed by atoms with Crippen LogP contribution in [0.4, 0.5) is 5.69 Å². The van der Waals surface area contributed by atoms with Crippen LogP contribution in [-0.4, -0.2) is 34.4 Å². The molecule has 1 aliphatic heterocycles. The van der Waals surface area contributed by atoms with Crippen LogP contribution in [0.15, 0.2) is 47.3 Å². The van der Waals surface area contributed by atoms with E-state index >= 15 is 0 Å². The molecule has 0 spiro atoms. The number of para-hydroxylation sites is 2. The Bertz CT molecular complexity index is 1150. The number of anilines is 1. The quantitative estimate of drug-likeness (QED) is 0.515. The number of fused-ring (bicyclic) bond motifs is 1.